The molecule has 0 saturated heterocycles. The van der Waals surface area contributed by atoms with Gasteiger partial charge in [0.15, 0.2) is 11.5 Å². The van der Waals surface area contributed by atoms with E-state index in [-0.39, 0.29) is 17.9 Å². The van der Waals surface area contributed by atoms with Gasteiger partial charge >= 0.3 is 5.97 Å². The summed E-state index contributed by atoms with van der Waals surface area (Å²) in [5.74, 6) is 0.535. The fraction of sp³-hybridized carbons (Fsp3) is 0.250. The molecule has 2 aliphatic rings. The standard InChI is InChI=1S/C20H18O5/c1-11-8-13-10-23-19(22)16-15(24-17(13)14(21)9-11)5-4-12-6-7-20(2,3)25-18(12)16/h4-9,21H,10H2,1-3H3. The molecule has 5 heteroatoms. The molecule has 4 rings (SSSR count). The molecule has 0 fully saturated rings. The quantitative estimate of drug-likeness (QED) is 0.724. The molecule has 5 nitrogen and oxygen atoms in total. The van der Waals surface area contributed by atoms with Crippen LogP contribution < -0.4 is 9.47 Å². The average molecular weight is 338 g/mol. The number of benzene rings is 2. The highest BCUT2D eigenvalue weighted by atomic mass is 16.5. The third kappa shape index (κ3) is 2.61. The van der Waals surface area contributed by atoms with Crippen molar-refractivity contribution in [3.63, 3.8) is 0 Å². The molecule has 128 valence electrons. The second-order valence-corrected chi connectivity index (χ2v) is 6.85. The van der Waals surface area contributed by atoms with Gasteiger partial charge in [-0.25, -0.2) is 4.79 Å². The van der Waals surface area contributed by atoms with Crippen LogP contribution in [0.4, 0.5) is 0 Å². The molecule has 1 N–H and O–H groups in total. The third-order valence-corrected chi connectivity index (χ3v) is 4.24. The highest BCUT2D eigenvalue weighted by Gasteiger charge is 2.32. The summed E-state index contributed by atoms with van der Waals surface area (Å²) in [4.78, 5) is 12.7. The number of ether oxygens (including phenoxy) is 3. The second-order valence-electron chi connectivity index (χ2n) is 6.85. The van der Waals surface area contributed by atoms with Crippen LogP contribution in [-0.4, -0.2) is 16.7 Å². The summed E-state index contributed by atoms with van der Waals surface area (Å²) in [6.07, 6.45) is 3.85. The number of hydrogen-bond donors (Lipinski definition) is 1. The van der Waals surface area contributed by atoms with Crippen LogP contribution in [0, 0.1) is 6.92 Å². The molecule has 2 heterocycles. The van der Waals surface area contributed by atoms with E-state index >= 15 is 0 Å². The van der Waals surface area contributed by atoms with Crippen molar-refractivity contribution in [2.45, 2.75) is 33.0 Å². The number of aryl methyl sites for hydroxylation is 1. The first-order valence-corrected chi connectivity index (χ1v) is 8.07. The molecule has 2 aromatic carbocycles. The summed E-state index contributed by atoms with van der Waals surface area (Å²) >= 11 is 0. The Morgan fingerprint density at radius 2 is 1.96 bits per heavy atom. The number of carbonyl (C=O) groups is 1. The minimum absolute atomic E-state index is 0.0118. The largest absolute Gasteiger partial charge is 0.504 e. The highest BCUT2D eigenvalue weighted by Crippen LogP contribution is 2.44. The Bertz CT molecular complexity index is 924. The van der Waals surface area contributed by atoms with E-state index < -0.39 is 11.6 Å². The molecule has 0 amide bonds. The number of aromatic hydroxyl groups is 1. The lowest BCUT2D eigenvalue weighted by Crippen LogP contribution is -2.29. The second kappa shape index (κ2) is 5.28. The maximum absolute atomic E-state index is 12.7. The van der Waals surface area contributed by atoms with Crippen LogP contribution in [-0.2, 0) is 11.3 Å². The zero-order valence-electron chi connectivity index (χ0n) is 14.3. The Balaban J connectivity index is 1.90. The molecular formula is C20H18O5. The number of hydrogen-bond acceptors (Lipinski definition) is 5. The molecule has 0 spiro atoms. The molecule has 0 unspecified atom stereocenters. The predicted octanol–water partition coefficient (Wildman–Crippen LogP) is 4.35. The van der Waals surface area contributed by atoms with E-state index in [9.17, 15) is 9.90 Å². The molecule has 0 radical (unpaired) electrons. The fourth-order valence-electron chi connectivity index (χ4n) is 3.07. The highest BCUT2D eigenvalue weighted by molar-refractivity contribution is 5.98. The average Bonchev–Trinajstić information content (AvgIpc) is 2.52. The first kappa shape index (κ1) is 15.6. The Morgan fingerprint density at radius 3 is 2.76 bits per heavy atom. The van der Waals surface area contributed by atoms with Gasteiger partial charge in [-0.2, -0.15) is 0 Å². The molecule has 0 saturated carbocycles. The van der Waals surface area contributed by atoms with Gasteiger partial charge in [-0.15, -0.1) is 0 Å². The van der Waals surface area contributed by atoms with Crippen molar-refractivity contribution in [1.82, 2.24) is 0 Å². The van der Waals surface area contributed by atoms with Gasteiger partial charge in [0.05, 0.1) is 0 Å². The Morgan fingerprint density at radius 1 is 1.16 bits per heavy atom. The van der Waals surface area contributed by atoms with Gasteiger partial charge in [-0.05, 0) is 56.7 Å². The fourth-order valence-corrected chi connectivity index (χ4v) is 3.07. The first-order valence-electron chi connectivity index (χ1n) is 8.07. The lowest BCUT2D eigenvalue weighted by molar-refractivity contribution is 0.0447. The van der Waals surface area contributed by atoms with E-state index in [1.807, 2.05) is 45.1 Å². The Kier molecular flexibility index (Phi) is 3.29. The van der Waals surface area contributed by atoms with Gasteiger partial charge in [-0.1, -0.05) is 6.08 Å². The van der Waals surface area contributed by atoms with Crippen molar-refractivity contribution in [3.8, 4) is 23.0 Å². The minimum atomic E-state index is -0.540. The van der Waals surface area contributed by atoms with Crippen LogP contribution >= 0.6 is 0 Å². The van der Waals surface area contributed by atoms with Crippen molar-refractivity contribution in [2.75, 3.05) is 0 Å². The van der Waals surface area contributed by atoms with E-state index in [0.29, 0.717) is 22.8 Å². The first-order chi connectivity index (χ1) is 11.8. The summed E-state index contributed by atoms with van der Waals surface area (Å²) in [7, 11) is 0. The number of fused-ring (bicyclic) bond motifs is 4. The summed E-state index contributed by atoms with van der Waals surface area (Å²) < 4.78 is 17.4. The van der Waals surface area contributed by atoms with E-state index in [1.54, 1.807) is 12.1 Å². The van der Waals surface area contributed by atoms with Crippen molar-refractivity contribution >= 4 is 12.0 Å². The SMILES string of the molecule is Cc1cc(O)c2c(c1)COC(=O)c1c(ccc3c1OC(C)(C)C=C3)O2. The summed E-state index contributed by atoms with van der Waals surface area (Å²) in [6, 6.07) is 6.95. The van der Waals surface area contributed by atoms with Gasteiger partial charge in [0, 0.05) is 11.1 Å². The zero-order valence-corrected chi connectivity index (χ0v) is 14.3. The van der Waals surface area contributed by atoms with Crippen molar-refractivity contribution in [2.24, 2.45) is 0 Å². The third-order valence-electron chi connectivity index (χ3n) is 4.24. The molecule has 25 heavy (non-hydrogen) atoms. The molecule has 0 bridgehead atoms. The number of rotatable bonds is 0. The Labute approximate surface area is 145 Å². The van der Waals surface area contributed by atoms with Crippen molar-refractivity contribution in [3.05, 3.63) is 52.6 Å². The molecular weight excluding hydrogens is 320 g/mol. The van der Waals surface area contributed by atoms with Crippen LogP contribution in [0.2, 0.25) is 0 Å². The monoisotopic (exact) mass is 338 g/mol. The summed E-state index contributed by atoms with van der Waals surface area (Å²) in [5, 5.41) is 10.3. The van der Waals surface area contributed by atoms with Crippen LogP contribution in [0.1, 0.15) is 40.9 Å². The predicted molar refractivity (Wildman–Crippen MR) is 92.2 cm³/mol. The number of esters is 1. The van der Waals surface area contributed by atoms with Gasteiger partial charge < -0.3 is 19.3 Å². The van der Waals surface area contributed by atoms with Gasteiger partial charge in [0.25, 0.3) is 0 Å². The number of phenols is 1. The van der Waals surface area contributed by atoms with E-state index in [0.717, 1.165) is 11.1 Å². The van der Waals surface area contributed by atoms with Crippen LogP contribution in [0.3, 0.4) is 0 Å². The lowest BCUT2D eigenvalue weighted by atomic mass is 9.99. The van der Waals surface area contributed by atoms with Gasteiger partial charge in [0.2, 0.25) is 0 Å². The van der Waals surface area contributed by atoms with E-state index in [2.05, 4.69) is 0 Å². The molecule has 2 aliphatic heterocycles. The lowest BCUT2D eigenvalue weighted by Gasteiger charge is -2.30. The normalized spacial score (nSPS) is 17.0. The molecule has 0 atom stereocenters. The van der Waals surface area contributed by atoms with Crippen molar-refractivity contribution < 1.29 is 24.1 Å². The number of phenolic OH excluding ortho intramolecular Hbond substituents is 1. The number of carbonyl (C=O) groups excluding carboxylic acids is 1. The molecule has 0 aliphatic carbocycles. The summed E-state index contributed by atoms with van der Waals surface area (Å²) in [6.45, 7) is 5.69. The molecule has 2 aromatic rings. The maximum Gasteiger partial charge on any atom is 0.346 e. The van der Waals surface area contributed by atoms with Crippen LogP contribution in [0.5, 0.6) is 23.0 Å². The minimum Gasteiger partial charge on any atom is -0.504 e. The Hall–Kier alpha value is -2.95. The van der Waals surface area contributed by atoms with Crippen molar-refractivity contribution in [1.29, 1.82) is 0 Å². The topological polar surface area (TPSA) is 65.0 Å². The maximum atomic E-state index is 12.7. The van der Waals surface area contributed by atoms with Crippen LogP contribution in [0.15, 0.2) is 30.3 Å². The zero-order chi connectivity index (χ0) is 17.8. The van der Waals surface area contributed by atoms with Gasteiger partial charge in [-0.3, -0.25) is 0 Å². The smallest absolute Gasteiger partial charge is 0.346 e. The van der Waals surface area contributed by atoms with E-state index in [4.69, 9.17) is 14.2 Å². The number of cyclic esters (lactones) is 1. The van der Waals surface area contributed by atoms with E-state index in [1.165, 1.54) is 0 Å². The van der Waals surface area contributed by atoms with Crippen LogP contribution in [0.25, 0.3) is 6.08 Å². The molecule has 0 aromatic heterocycles. The van der Waals surface area contributed by atoms with Gasteiger partial charge in [0.1, 0.15) is 29.3 Å². The summed E-state index contributed by atoms with van der Waals surface area (Å²) in [5.41, 5.74) is 1.96.